The largest absolute Gasteiger partial charge is 0.573 e. The number of nitrogens with zero attached hydrogens (tertiary/aromatic N) is 4. The molecule has 4 rings (SSSR count). The van der Waals surface area contributed by atoms with E-state index in [1.165, 1.54) is 30.8 Å². The summed E-state index contributed by atoms with van der Waals surface area (Å²) < 4.78 is 62.2. The summed E-state index contributed by atoms with van der Waals surface area (Å²) in [7, 11) is 1.31. The Morgan fingerprint density at radius 2 is 1.87 bits per heavy atom. The molecule has 0 aliphatic rings. The molecule has 0 aliphatic carbocycles. The number of anilines is 1. The number of ether oxygens (including phenoxy) is 2. The maximum Gasteiger partial charge on any atom is 0.573 e. The highest BCUT2D eigenvalue weighted by Gasteiger charge is 2.31. The average molecular weight is 532 g/mol. The van der Waals surface area contributed by atoms with Crippen molar-refractivity contribution in [3.63, 3.8) is 0 Å². The van der Waals surface area contributed by atoms with Gasteiger partial charge in [-0.3, -0.25) is 9.59 Å². The van der Waals surface area contributed by atoms with Crippen molar-refractivity contribution in [2.24, 2.45) is 0 Å². The molecule has 0 spiro atoms. The van der Waals surface area contributed by atoms with Crippen LogP contribution in [0.25, 0.3) is 16.9 Å². The van der Waals surface area contributed by atoms with E-state index >= 15 is 0 Å². The second-order valence-electron chi connectivity index (χ2n) is 7.99. The van der Waals surface area contributed by atoms with Crippen molar-refractivity contribution >= 4 is 23.3 Å². The Hall–Kier alpha value is -4.75. The van der Waals surface area contributed by atoms with Gasteiger partial charge in [-0.25, -0.2) is 18.9 Å². The van der Waals surface area contributed by atoms with Crippen LogP contribution < -0.4 is 20.1 Å². The Balaban J connectivity index is 1.61. The van der Waals surface area contributed by atoms with Crippen LogP contribution in [-0.2, 0) is 11.3 Å². The molecule has 0 aliphatic heterocycles. The van der Waals surface area contributed by atoms with Crippen LogP contribution in [0, 0.1) is 12.7 Å². The van der Waals surface area contributed by atoms with E-state index in [0.29, 0.717) is 28.4 Å². The van der Waals surface area contributed by atoms with Crippen LogP contribution in [0.5, 0.6) is 11.6 Å². The van der Waals surface area contributed by atoms with Gasteiger partial charge in [0.2, 0.25) is 11.8 Å². The van der Waals surface area contributed by atoms with Crippen LogP contribution in [0.2, 0.25) is 0 Å². The fourth-order valence-electron chi connectivity index (χ4n) is 3.58. The van der Waals surface area contributed by atoms with Crippen molar-refractivity contribution in [2.45, 2.75) is 26.8 Å². The van der Waals surface area contributed by atoms with Gasteiger partial charge >= 0.3 is 6.36 Å². The number of carbonyl (C=O) groups is 2. The minimum Gasteiger partial charge on any atom is -0.480 e. The predicted octanol–water partition coefficient (Wildman–Crippen LogP) is 4.03. The summed E-state index contributed by atoms with van der Waals surface area (Å²) in [5.41, 5.74) is 1.61. The van der Waals surface area contributed by atoms with E-state index in [0.717, 1.165) is 18.2 Å². The fourth-order valence-corrected chi connectivity index (χ4v) is 3.58. The molecule has 0 radical (unpaired) electrons. The van der Waals surface area contributed by atoms with Crippen LogP contribution >= 0.6 is 0 Å². The van der Waals surface area contributed by atoms with Crippen LogP contribution in [0.4, 0.5) is 23.4 Å². The molecule has 198 valence electrons. The second kappa shape index (κ2) is 10.3. The quantitative estimate of drug-likeness (QED) is 0.345. The van der Waals surface area contributed by atoms with Gasteiger partial charge in [0, 0.05) is 24.6 Å². The molecule has 2 amide bonds. The predicted molar refractivity (Wildman–Crippen MR) is 126 cm³/mol. The summed E-state index contributed by atoms with van der Waals surface area (Å²) in [6.45, 7) is 2.60. The zero-order valence-electron chi connectivity index (χ0n) is 20.2. The summed E-state index contributed by atoms with van der Waals surface area (Å²) in [5.74, 6) is -2.17. The van der Waals surface area contributed by atoms with Gasteiger partial charge < -0.3 is 20.1 Å². The Labute approximate surface area is 212 Å². The minimum absolute atomic E-state index is 0.0114. The maximum absolute atomic E-state index is 14.2. The number of rotatable bonds is 7. The number of hydrogen-bond acceptors (Lipinski definition) is 7. The summed E-state index contributed by atoms with van der Waals surface area (Å²) in [5, 5.41) is 9.49. The van der Waals surface area contributed by atoms with Gasteiger partial charge in [0.05, 0.1) is 24.7 Å². The Morgan fingerprint density at radius 1 is 1.11 bits per heavy atom. The van der Waals surface area contributed by atoms with E-state index < -0.39 is 30.4 Å². The zero-order valence-corrected chi connectivity index (χ0v) is 20.2. The molecule has 3 aromatic heterocycles. The molecule has 10 nitrogen and oxygen atoms in total. The van der Waals surface area contributed by atoms with Crippen LogP contribution in [0.1, 0.15) is 28.5 Å². The lowest BCUT2D eigenvalue weighted by Gasteiger charge is -2.14. The third kappa shape index (κ3) is 5.96. The summed E-state index contributed by atoms with van der Waals surface area (Å²) in [6, 6.07) is 7.28. The van der Waals surface area contributed by atoms with Gasteiger partial charge in [-0.1, -0.05) is 0 Å². The molecule has 4 aromatic rings. The zero-order chi connectivity index (χ0) is 27.6. The first-order chi connectivity index (χ1) is 17.9. The number of methoxy groups -OCH3 is 1. The molecule has 38 heavy (non-hydrogen) atoms. The van der Waals surface area contributed by atoms with Crippen molar-refractivity contribution in [3.05, 3.63) is 65.2 Å². The van der Waals surface area contributed by atoms with E-state index in [1.807, 2.05) is 0 Å². The third-order valence-corrected chi connectivity index (χ3v) is 5.21. The van der Waals surface area contributed by atoms with E-state index in [1.54, 1.807) is 19.1 Å². The normalized spacial score (nSPS) is 11.3. The van der Waals surface area contributed by atoms with Gasteiger partial charge in [-0.15, -0.1) is 13.2 Å². The number of aryl methyl sites for hydroxylation is 1. The number of carbonyl (C=O) groups excluding carboxylic acids is 2. The standard InChI is InChI=1S/C24H20F4N6O4/c1-12-16(19-6-7-21-32-20(31-13(2)35)11-34(21)33-19)9-17(23(30-12)37-3)22(36)29-10-14-8-15(4-5-18(14)25)38-24(26,27)28/h4-9,11H,10H2,1-3H3,(H,29,36)(H,31,35). The number of nitrogens with one attached hydrogen (secondary N) is 2. The first kappa shape index (κ1) is 26.3. The summed E-state index contributed by atoms with van der Waals surface area (Å²) >= 11 is 0. The molecule has 0 atom stereocenters. The molecule has 0 saturated heterocycles. The number of imidazole rings is 1. The van der Waals surface area contributed by atoms with Crippen molar-refractivity contribution < 1.29 is 36.6 Å². The number of alkyl halides is 3. The number of halogens is 4. The number of hydrogen-bond donors (Lipinski definition) is 2. The highest BCUT2D eigenvalue weighted by atomic mass is 19.4. The topological polar surface area (TPSA) is 120 Å². The first-order valence-corrected chi connectivity index (χ1v) is 11.0. The van der Waals surface area contributed by atoms with Crippen molar-refractivity contribution in [1.82, 2.24) is 24.9 Å². The number of fused-ring (bicyclic) bond motifs is 1. The van der Waals surface area contributed by atoms with Gasteiger partial charge in [-0.2, -0.15) is 5.10 Å². The number of aromatic nitrogens is 4. The lowest BCUT2D eigenvalue weighted by molar-refractivity contribution is -0.274. The van der Waals surface area contributed by atoms with Crippen molar-refractivity contribution in [2.75, 3.05) is 12.4 Å². The van der Waals surface area contributed by atoms with Crippen LogP contribution in [0.15, 0.2) is 42.6 Å². The molecule has 0 unspecified atom stereocenters. The van der Waals surface area contributed by atoms with E-state index in [4.69, 9.17) is 4.74 Å². The molecule has 0 fully saturated rings. The lowest BCUT2D eigenvalue weighted by atomic mass is 10.1. The highest BCUT2D eigenvalue weighted by Crippen LogP contribution is 2.28. The Kier molecular flexibility index (Phi) is 7.15. The summed E-state index contributed by atoms with van der Waals surface area (Å²) in [4.78, 5) is 32.9. The third-order valence-electron chi connectivity index (χ3n) is 5.21. The molecular formula is C24H20F4N6O4. The molecule has 1 aromatic carbocycles. The maximum atomic E-state index is 14.2. The molecule has 0 saturated carbocycles. The van der Waals surface area contributed by atoms with Crippen molar-refractivity contribution in [3.8, 4) is 22.9 Å². The van der Waals surface area contributed by atoms with Crippen LogP contribution in [0.3, 0.4) is 0 Å². The van der Waals surface area contributed by atoms with Gasteiger partial charge in [0.1, 0.15) is 17.1 Å². The molecule has 3 heterocycles. The van der Waals surface area contributed by atoms with Gasteiger partial charge in [0.15, 0.2) is 11.5 Å². The number of amides is 2. The highest BCUT2D eigenvalue weighted by molar-refractivity contribution is 5.97. The second-order valence-corrected chi connectivity index (χ2v) is 7.99. The summed E-state index contributed by atoms with van der Waals surface area (Å²) in [6.07, 6.45) is -3.43. The SMILES string of the molecule is COc1nc(C)c(-c2ccc3nc(NC(C)=O)cn3n2)cc1C(=O)NCc1cc(OC(F)(F)F)ccc1F. The smallest absolute Gasteiger partial charge is 0.480 e. The van der Waals surface area contributed by atoms with E-state index in [9.17, 15) is 27.2 Å². The number of pyridine rings is 1. The van der Waals surface area contributed by atoms with E-state index in [-0.39, 0.29) is 22.9 Å². The average Bonchev–Trinajstić information content (AvgIpc) is 3.23. The molecular weight excluding hydrogens is 512 g/mol. The lowest BCUT2D eigenvalue weighted by Crippen LogP contribution is -2.24. The van der Waals surface area contributed by atoms with Crippen LogP contribution in [-0.4, -0.2) is 44.9 Å². The van der Waals surface area contributed by atoms with Gasteiger partial charge in [-0.05, 0) is 43.3 Å². The Morgan fingerprint density at radius 3 is 2.55 bits per heavy atom. The fraction of sp³-hybridized carbons (Fsp3) is 0.208. The minimum atomic E-state index is -4.95. The van der Waals surface area contributed by atoms with E-state index in [2.05, 4.69) is 30.4 Å². The van der Waals surface area contributed by atoms with Gasteiger partial charge in [0.25, 0.3) is 5.91 Å². The molecule has 0 bridgehead atoms. The Bertz CT molecular complexity index is 1540. The molecule has 2 N–H and O–H groups in total. The monoisotopic (exact) mass is 532 g/mol. The first-order valence-electron chi connectivity index (χ1n) is 11.0. The van der Waals surface area contributed by atoms with Crippen molar-refractivity contribution in [1.29, 1.82) is 0 Å². The molecule has 14 heteroatoms. The number of benzene rings is 1.